The molecule has 33 heavy (non-hydrogen) atoms. The quantitative estimate of drug-likeness (QED) is 0.181. The SMILES string of the molecule is [W+2].[Y].[c-]1ccccc1-c1[c-]c2c(cc1)C(c1[c-]cccc1)(c1[c-]cccc1)c1ccccc1-2. The van der Waals surface area contributed by atoms with Crippen LogP contribution < -0.4 is 0 Å². The molecule has 1 aliphatic carbocycles. The number of rotatable bonds is 3. The predicted octanol–water partition coefficient (Wildman–Crippen LogP) is 6.91. The van der Waals surface area contributed by atoms with Crippen molar-refractivity contribution >= 4 is 0 Å². The Balaban J connectivity index is 0.00000130. The van der Waals surface area contributed by atoms with Gasteiger partial charge in [-0.05, 0) is 5.41 Å². The molecule has 0 fully saturated rings. The smallest absolute Gasteiger partial charge is 0.209 e. The van der Waals surface area contributed by atoms with E-state index in [0.717, 1.165) is 27.8 Å². The molecule has 0 amide bonds. The van der Waals surface area contributed by atoms with Gasteiger partial charge in [0.25, 0.3) is 0 Å². The van der Waals surface area contributed by atoms with Crippen LogP contribution in [0.4, 0.5) is 0 Å². The minimum absolute atomic E-state index is 0. The van der Waals surface area contributed by atoms with Gasteiger partial charge in [-0.2, -0.15) is 114 Å². The van der Waals surface area contributed by atoms with E-state index in [-0.39, 0.29) is 53.8 Å². The fourth-order valence-electron chi connectivity index (χ4n) is 4.89. The molecule has 0 unspecified atom stereocenters. The monoisotopic (exact) mass is 663 g/mol. The van der Waals surface area contributed by atoms with Crippen LogP contribution in [0.1, 0.15) is 22.3 Å². The molecule has 153 valence electrons. The van der Waals surface area contributed by atoms with Crippen molar-refractivity contribution in [2.75, 3.05) is 0 Å². The van der Waals surface area contributed by atoms with Crippen LogP contribution in [0.15, 0.2) is 109 Å². The summed E-state index contributed by atoms with van der Waals surface area (Å²) in [4.78, 5) is 0. The fourth-order valence-corrected chi connectivity index (χ4v) is 4.89. The molecule has 2 heteroatoms. The van der Waals surface area contributed by atoms with Gasteiger partial charge in [0, 0.05) is 32.7 Å². The van der Waals surface area contributed by atoms with E-state index in [4.69, 9.17) is 0 Å². The Hall–Kier alpha value is -2.11. The van der Waals surface area contributed by atoms with E-state index in [9.17, 15) is 0 Å². The van der Waals surface area contributed by atoms with Crippen molar-refractivity contribution in [1.82, 2.24) is 0 Å². The third kappa shape index (κ3) is 3.83. The minimum atomic E-state index is -0.468. The number of hydrogen-bond acceptors (Lipinski definition) is 0. The van der Waals surface area contributed by atoms with Crippen LogP contribution in [0, 0.1) is 24.3 Å². The van der Waals surface area contributed by atoms with Gasteiger partial charge in [0.05, 0.1) is 0 Å². The van der Waals surface area contributed by atoms with E-state index in [2.05, 4.69) is 91.0 Å². The van der Waals surface area contributed by atoms with E-state index in [1.807, 2.05) is 42.5 Å². The van der Waals surface area contributed by atoms with Gasteiger partial charge >= 0.3 is 21.1 Å². The molecule has 0 spiro atoms. The van der Waals surface area contributed by atoms with Crippen molar-refractivity contribution in [3.8, 4) is 22.3 Å². The zero-order chi connectivity index (χ0) is 20.7. The van der Waals surface area contributed by atoms with Crippen LogP contribution in [0.25, 0.3) is 22.3 Å². The van der Waals surface area contributed by atoms with E-state index in [1.165, 1.54) is 16.7 Å². The van der Waals surface area contributed by atoms with E-state index < -0.39 is 5.41 Å². The van der Waals surface area contributed by atoms with Gasteiger partial charge in [-0.3, -0.25) is 0 Å². The second kappa shape index (κ2) is 10.0. The van der Waals surface area contributed by atoms with Crippen molar-refractivity contribution in [1.29, 1.82) is 0 Å². The molecule has 0 atom stereocenters. The first-order valence-corrected chi connectivity index (χ1v) is 10.5. The van der Waals surface area contributed by atoms with Crippen molar-refractivity contribution in [2.24, 2.45) is 0 Å². The van der Waals surface area contributed by atoms with Gasteiger partial charge in [0.1, 0.15) is 0 Å². The van der Waals surface area contributed by atoms with Crippen molar-refractivity contribution in [2.45, 2.75) is 5.41 Å². The number of hydrogen-bond donors (Lipinski definition) is 0. The molecular weight excluding hydrogens is 645 g/mol. The topological polar surface area (TPSA) is 0 Å². The molecule has 0 bridgehead atoms. The van der Waals surface area contributed by atoms with Crippen LogP contribution >= 0.6 is 0 Å². The third-order valence-electron chi connectivity index (χ3n) is 6.18. The molecule has 0 aliphatic heterocycles. The van der Waals surface area contributed by atoms with Gasteiger partial charge in [-0.25, -0.2) is 5.56 Å². The minimum Gasteiger partial charge on any atom is -0.209 e. The summed E-state index contributed by atoms with van der Waals surface area (Å²) >= 11 is 0. The molecule has 0 heterocycles. The summed E-state index contributed by atoms with van der Waals surface area (Å²) in [6, 6.07) is 51.9. The maximum absolute atomic E-state index is 3.73. The Labute approximate surface area is 235 Å². The maximum Gasteiger partial charge on any atom is 2.00 e. The van der Waals surface area contributed by atoms with Crippen LogP contribution in [0.2, 0.25) is 0 Å². The van der Waals surface area contributed by atoms with Gasteiger partial charge < -0.3 is 0 Å². The summed E-state index contributed by atoms with van der Waals surface area (Å²) in [6.07, 6.45) is 0. The summed E-state index contributed by atoms with van der Waals surface area (Å²) in [5.41, 5.74) is 8.71. The van der Waals surface area contributed by atoms with Crippen LogP contribution in [0.3, 0.4) is 0 Å². The molecule has 1 radical (unpaired) electrons. The molecular formula is C31H18WY-2. The number of benzene rings is 5. The van der Waals surface area contributed by atoms with E-state index >= 15 is 0 Å². The summed E-state index contributed by atoms with van der Waals surface area (Å²) < 4.78 is 0. The van der Waals surface area contributed by atoms with E-state index in [0.29, 0.717) is 0 Å². The Bertz CT molecular complexity index is 1320. The maximum atomic E-state index is 3.73. The largest absolute Gasteiger partial charge is 2.00 e. The number of fused-ring (bicyclic) bond motifs is 3. The van der Waals surface area contributed by atoms with Crippen molar-refractivity contribution in [3.05, 3.63) is 156 Å². The second-order valence-electron chi connectivity index (χ2n) is 7.79. The predicted molar refractivity (Wildman–Crippen MR) is 125 cm³/mol. The van der Waals surface area contributed by atoms with Crippen LogP contribution in [0.5, 0.6) is 0 Å². The molecule has 0 aromatic heterocycles. The van der Waals surface area contributed by atoms with E-state index in [1.54, 1.807) is 0 Å². The summed E-state index contributed by atoms with van der Waals surface area (Å²) in [6.45, 7) is 0. The Morgan fingerprint density at radius 2 is 1.12 bits per heavy atom. The third-order valence-corrected chi connectivity index (χ3v) is 6.18. The molecule has 0 saturated carbocycles. The zero-order valence-corrected chi connectivity index (χ0v) is 23.6. The molecule has 0 saturated heterocycles. The molecule has 0 nitrogen and oxygen atoms in total. The first kappa shape index (κ1) is 24.0. The van der Waals surface area contributed by atoms with Crippen molar-refractivity contribution in [3.63, 3.8) is 0 Å². The second-order valence-corrected chi connectivity index (χ2v) is 7.79. The fraction of sp³-hybridized carbons (Fsp3) is 0.0323. The van der Waals surface area contributed by atoms with Gasteiger partial charge in [-0.15, -0.1) is 17.7 Å². The Morgan fingerprint density at radius 3 is 1.73 bits per heavy atom. The first-order chi connectivity index (χ1) is 15.4. The standard InChI is InChI=1S/C31H18.W.Y/c1-4-12-23(13-5-1)24-20-21-30-28(22-24)27-18-10-11-19-29(27)31(30,25-14-6-2-7-15-25)26-16-8-3-9-17-26;;/h1-12,14,16,18-21H;;/q-4;+2;. The normalized spacial score (nSPS) is 12.6. The van der Waals surface area contributed by atoms with Crippen LogP contribution in [-0.2, 0) is 59.2 Å². The van der Waals surface area contributed by atoms with Crippen LogP contribution in [-0.4, -0.2) is 0 Å². The Kier molecular flexibility index (Phi) is 7.30. The Morgan fingerprint density at radius 1 is 0.515 bits per heavy atom. The zero-order valence-electron chi connectivity index (χ0n) is 17.9. The molecule has 5 aromatic carbocycles. The molecule has 1 aliphatic rings. The molecule has 6 rings (SSSR count). The summed E-state index contributed by atoms with van der Waals surface area (Å²) in [7, 11) is 0. The molecule has 0 N–H and O–H groups in total. The average molecular weight is 663 g/mol. The van der Waals surface area contributed by atoms with Gasteiger partial charge in [0.15, 0.2) is 0 Å². The van der Waals surface area contributed by atoms with Gasteiger partial charge in [-0.1, -0.05) is 41.0 Å². The first-order valence-electron chi connectivity index (χ1n) is 10.5. The average Bonchev–Trinajstić information content (AvgIpc) is 3.16. The summed E-state index contributed by atoms with van der Waals surface area (Å²) in [5.74, 6) is 0. The molecule has 5 aromatic rings. The summed E-state index contributed by atoms with van der Waals surface area (Å²) in [5, 5.41) is 0. The van der Waals surface area contributed by atoms with Gasteiger partial charge in [0.2, 0.25) is 0 Å². The van der Waals surface area contributed by atoms with Crippen molar-refractivity contribution < 1.29 is 53.8 Å².